The molecule has 39 heavy (non-hydrogen) atoms. The first-order chi connectivity index (χ1) is 18.7. The van der Waals surface area contributed by atoms with Crippen molar-refractivity contribution in [2.75, 3.05) is 10.6 Å². The second kappa shape index (κ2) is 12.2. The van der Waals surface area contributed by atoms with Gasteiger partial charge in [-0.15, -0.1) is 0 Å². The molecule has 202 valence electrons. The molecule has 0 radical (unpaired) electrons. The fraction of sp³-hybridized carbons (Fsp3) is 0.333. The molecule has 2 amide bonds. The number of nitrogens with one attached hydrogen (secondary N) is 2. The maximum atomic E-state index is 12.8. The normalized spacial score (nSPS) is 12.4. The van der Waals surface area contributed by atoms with Crippen LogP contribution in [-0.4, -0.2) is 20.9 Å². The Morgan fingerprint density at radius 3 is 2.46 bits per heavy atom. The first kappa shape index (κ1) is 27.9. The Bertz CT molecular complexity index is 1590. The van der Waals surface area contributed by atoms with Crippen LogP contribution in [0.25, 0.3) is 0 Å². The standard InChI is InChI=1S/C30H31ClN4O4/c1-4-22-18-21(11-15-24(22)32-28(37)23-13-14-23)6-5-17-35-27(31)26(29(38)34(3)30(35)39)33-25(36)16-12-20-9-7-19(2)8-10-20/h7-11,15,18,23H,4,12-14,16-17H2,1-3H3,(H,32,37)(H,33,36). The van der Waals surface area contributed by atoms with Gasteiger partial charge in [-0.3, -0.25) is 23.5 Å². The molecule has 0 spiro atoms. The van der Waals surface area contributed by atoms with E-state index in [2.05, 4.69) is 22.5 Å². The van der Waals surface area contributed by atoms with E-state index in [1.54, 1.807) is 6.07 Å². The van der Waals surface area contributed by atoms with E-state index in [1.165, 1.54) is 7.05 Å². The molecule has 0 saturated heterocycles. The van der Waals surface area contributed by atoms with Crippen molar-refractivity contribution < 1.29 is 9.59 Å². The predicted octanol–water partition coefficient (Wildman–Crippen LogP) is 4.04. The zero-order valence-electron chi connectivity index (χ0n) is 22.3. The Labute approximate surface area is 232 Å². The van der Waals surface area contributed by atoms with Gasteiger partial charge in [0.1, 0.15) is 10.8 Å². The molecule has 1 fully saturated rings. The number of carbonyl (C=O) groups excluding carboxylic acids is 2. The van der Waals surface area contributed by atoms with Gasteiger partial charge in [0.25, 0.3) is 5.56 Å². The van der Waals surface area contributed by atoms with E-state index in [0.29, 0.717) is 6.42 Å². The van der Waals surface area contributed by atoms with Gasteiger partial charge >= 0.3 is 5.69 Å². The summed E-state index contributed by atoms with van der Waals surface area (Å²) in [5.41, 5.74) is 3.11. The quantitative estimate of drug-likeness (QED) is 0.329. The molecule has 0 unspecified atom stereocenters. The second-order valence-electron chi connectivity index (χ2n) is 9.72. The van der Waals surface area contributed by atoms with Gasteiger partial charge in [-0.2, -0.15) is 0 Å². The van der Waals surface area contributed by atoms with Crippen LogP contribution in [0.4, 0.5) is 11.4 Å². The molecule has 1 aliphatic carbocycles. The third-order valence-electron chi connectivity index (χ3n) is 6.67. The lowest BCUT2D eigenvalue weighted by Crippen LogP contribution is -2.40. The number of halogens is 1. The number of hydrogen-bond donors (Lipinski definition) is 2. The summed E-state index contributed by atoms with van der Waals surface area (Å²) in [7, 11) is 1.33. The van der Waals surface area contributed by atoms with Crippen LogP contribution in [-0.2, 0) is 36.0 Å². The number of amides is 2. The molecule has 1 saturated carbocycles. The van der Waals surface area contributed by atoms with Crippen LogP contribution in [0.3, 0.4) is 0 Å². The number of carbonyl (C=O) groups is 2. The van der Waals surface area contributed by atoms with Gasteiger partial charge < -0.3 is 10.6 Å². The van der Waals surface area contributed by atoms with Crippen LogP contribution in [0.2, 0.25) is 5.15 Å². The van der Waals surface area contributed by atoms with Gasteiger partial charge in [-0.05, 0) is 61.9 Å². The minimum Gasteiger partial charge on any atom is -0.326 e. The number of aryl methyl sites for hydroxylation is 3. The lowest BCUT2D eigenvalue weighted by Gasteiger charge is -2.13. The molecule has 0 aliphatic heterocycles. The summed E-state index contributed by atoms with van der Waals surface area (Å²) in [5.74, 6) is 5.73. The first-order valence-corrected chi connectivity index (χ1v) is 13.3. The molecule has 2 aromatic carbocycles. The number of rotatable bonds is 8. The molecule has 9 heteroatoms. The first-order valence-electron chi connectivity index (χ1n) is 12.9. The minimum atomic E-state index is -0.686. The molecule has 1 aromatic heterocycles. The number of benzene rings is 2. The Kier molecular flexibility index (Phi) is 8.72. The van der Waals surface area contributed by atoms with Gasteiger partial charge in [0, 0.05) is 30.6 Å². The fourth-order valence-electron chi connectivity index (χ4n) is 4.09. The average molecular weight is 547 g/mol. The molecule has 1 aliphatic rings. The number of hydrogen-bond acceptors (Lipinski definition) is 4. The van der Waals surface area contributed by atoms with Crippen LogP contribution >= 0.6 is 11.6 Å². The van der Waals surface area contributed by atoms with Crippen LogP contribution in [0.15, 0.2) is 52.1 Å². The van der Waals surface area contributed by atoms with Crippen molar-refractivity contribution in [1.29, 1.82) is 0 Å². The number of anilines is 2. The Hall–Kier alpha value is -4.09. The Balaban J connectivity index is 1.49. The van der Waals surface area contributed by atoms with Crippen molar-refractivity contribution >= 4 is 34.8 Å². The van der Waals surface area contributed by atoms with E-state index in [4.69, 9.17) is 11.6 Å². The molecule has 8 nitrogen and oxygen atoms in total. The highest BCUT2D eigenvalue weighted by Gasteiger charge is 2.29. The molecule has 1 heterocycles. The highest BCUT2D eigenvalue weighted by Crippen LogP contribution is 2.31. The van der Waals surface area contributed by atoms with Crippen LogP contribution in [0, 0.1) is 24.7 Å². The summed E-state index contributed by atoms with van der Waals surface area (Å²) in [4.78, 5) is 50.2. The Morgan fingerprint density at radius 1 is 1.08 bits per heavy atom. The third-order valence-corrected chi connectivity index (χ3v) is 7.06. The minimum absolute atomic E-state index is 0.0466. The highest BCUT2D eigenvalue weighted by molar-refractivity contribution is 6.32. The summed E-state index contributed by atoms with van der Waals surface area (Å²) < 4.78 is 2.05. The summed E-state index contributed by atoms with van der Waals surface area (Å²) >= 11 is 6.43. The largest absolute Gasteiger partial charge is 0.332 e. The number of aromatic nitrogens is 2. The molecule has 4 rings (SSSR count). The zero-order chi connectivity index (χ0) is 28.1. The number of nitrogens with zero attached hydrogens (tertiary/aromatic N) is 2. The van der Waals surface area contributed by atoms with Crippen molar-refractivity contribution in [3.63, 3.8) is 0 Å². The van der Waals surface area contributed by atoms with Gasteiger partial charge in [-0.1, -0.05) is 60.2 Å². The maximum Gasteiger partial charge on any atom is 0.332 e. The topological polar surface area (TPSA) is 102 Å². The lowest BCUT2D eigenvalue weighted by molar-refractivity contribution is -0.117. The van der Waals surface area contributed by atoms with Crippen molar-refractivity contribution in [2.45, 2.75) is 52.5 Å². The smallest absolute Gasteiger partial charge is 0.326 e. The van der Waals surface area contributed by atoms with Gasteiger partial charge in [-0.25, -0.2) is 4.79 Å². The van der Waals surface area contributed by atoms with Gasteiger partial charge in [0.2, 0.25) is 11.8 Å². The maximum absolute atomic E-state index is 12.8. The van der Waals surface area contributed by atoms with Crippen LogP contribution in [0.1, 0.15) is 48.4 Å². The van der Waals surface area contributed by atoms with E-state index in [0.717, 1.165) is 56.3 Å². The summed E-state index contributed by atoms with van der Waals surface area (Å²) in [6.07, 6.45) is 3.23. The van der Waals surface area contributed by atoms with E-state index < -0.39 is 11.2 Å². The van der Waals surface area contributed by atoms with E-state index in [1.807, 2.05) is 50.2 Å². The van der Waals surface area contributed by atoms with E-state index in [-0.39, 0.29) is 41.5 Å². The molecule has 2 N–H and O–H groups in total. The van der Waals surface area contributed by atoms with Gasteiger partial charge in [0.15, 0.2) is 0 Å². The van der Waals surface area contributed by atoms with E-state index in [9.17, 15) is 19.2 Å². The highest BCUT2D eigenvalue weighted by atomic mass is 35.5. The van der Waals surface area contributed by atoms with Crippen LogP contribution in [0.5, 0.6) is 0 Å². The molecule has 0 atom stereocenters. The van der Waals surface area contributed by atoms with Crippen molar-refractivity contribution in [3.05, 3.63) is 90.7 Å². The summed E-state index contributed by atoms with van der Waals surface area (Å²) in [6.45, 7) is 3.91. The van der Waals surface area contributed by atoms with Crippen molar-refractivity contribution in [2.24, 2.45) is 13.0 Å². The summed E-state index contributed by atoms with van der Waals surface area (Å²) in [6, 6.07) is 13.4. The third kappa shape index (κ3) is 6.87. The molecular formula is C30H31ClN4O4. The lowest BCUT2D eigenvalue weighted by atomic mass is 10.1. The summed E-state index contributed by atoms with van der Waals surface area (Å²) in [5, 5.41) is 5.39. The zero-order valence-corrected chi connectivity index (χ0v) is 23.0. The molecule has 3 aromatic rings. The van der Waals surface area contributed by atoms with Gasteiger partial charge in [0.05, 0.1) is 6.54 Å². The second-order valence-corrected chi connectivity index (χ2v) is 10.1. The van der Waals surface area contributed by atoms with E-state index >= 15 is 0 Å². The molecular weight excluding hydrogens is 516 g/mol. The molecule has 0 bridgehead atoms. The average Bonchev–Trinajstić information content (AvgIpc) is 3.78. The van der Waals surface area contributed by atoms with Crippen molar-refractivity contribution in [3.8, 4) is 11.8 Å². The monoisotopic (exact) mass is 546 g/mol. The fourth-order valence-corrected chi connectivity index (χ4v) is 4.35. The Morgan fingerprint density at radius 2 is 1.79 bits per heavy atom. The van der Waals surface area contributed by atoms with Crippen molar-refractivity contribution in [1.82, 2.24) is 9.13 Å². The SMILES string of the molecule is CCc1cc(C#CCn2c(Cl)c(NC(=O)CCc3ccc(C)cc3)c(=O)n(C)c2=O)ccc1NC(=O)C1CC1. The van der Waals surface area contributed by atoms with Crippen LogP contribution < -0.4 is 21.9 Å². The predicted molar refractivity (Wildman–Crippen MR) is 153 cm³/mol.